The van der Waals surface area contributed by atoms with Crippen molar-refractivity contribution in [1.82, 2.24) is 25.0 Å². The van der Waals surface area contributed by atoms with Gasteiger partial charge in [-0.2, -0.15) is 18.3 Å². The third kappa shape index (κ3) is 5.33. The standard InChI is InChI=1S/C12H18F3N5O/c13-12(14,15)7-17-11(21)10-2-1-3-19(6-10)4-5-20-9-16-8-18-20/h8-10H,1-7H2,(H,17,21)/t10-/m1/s1. The minimum absolute atomic E-state index is 0.378. The fourth-order valence-corrected chi connectivity index (χ4v) is 2.40. The lowest BCUT2D eigenvalue weighted by atomic mass is 9.97. The van der Waals surface area contributed by atoms with E-state index in [9.17, 15) is 18.0 Å². The van der Waals surface area contributed by atoms with Crippen molar-refractivity contribution < 1.29 is 18.0 Å². The van der Waals surface area contributed by atoms with Gasteiger partial charge in [0.25, 0.3) is 0 Å². The van der Waals surface area contributed by atoms with Crippen molar-refractivity contribution in [2.45, 2.75) is 25.6 Å². The van der Waals surface area contributed by atoms with Crippen molar-refractivity contribution in [3.8, 4) is 0 Å². The molecule has 1 saturated heterocycles. The summed E-state index contributed by atoms with van der Waals surface area (Å²) in [6.07, 6.45) is 0.128. The van der Waals surface area contributed by atoms with Crippen LogP contribution in [0.5, 0.6) is 0 Å². The summed E-state index contributed by atoms with van der Waals surface area (Å²) in [4.78, 5) is 17.7. The number of alkyl halides is 3. The van der Waals surface area contributed by atoms with E-state index in [1.54, 1.807) is 11.0 Å². The van der Waals surface area contributed by atoms with Crippen LogP contribution in [0.15, 0.2) is 12.7 Å². The fourth-order valence-electron chi connectivity index (χ4n) is 2.40. The van der Waals surface area contributed by atoms with E-state index in [-0.39, 0.29) is 5.92 Å². The average Bonchev–Trinajstić information content (AvgIpc) is 2.95. The first kappa shape index (κ1) is 15.7. The van der Waals surface area contributed by atoms with Crippen molar-refractivity contribution in [2.24, 2.45) is 5.92 Å². The molecule has 0 aliphatic carbocycles. The summed E-state index contributed by atoms with van der Waals surface area (Å²) in [7, 11) is 0. The maximum Gasteiger partial charge on any atom is 0.405 e. The van der Waals surface area contributed by atoms with Gasteiger partial charge in [-0.25, -0.2) is 4.98 Å². The Kier molecular flexibility index (Phi) is 5.16. The van der Waals surface area contributed by atoms with Crippen LogP contribution in [-0.2, 0) is 11.3 Å². The van der Waals surface area contributed by atoms with E-state index in [1.807, 2.05) is 5.32 Å². The normalized spacial score (nSPS) is 20.4. The number of piperidine rings is 1. The zero-order valence-corrected chi connectivity index (χ0v) is 11.5. The van der Waals surface area contributed by atoms with Gasteiger partial charge in [-0.15, -0.1) is 0 Å². The largest absolute Gasteiger partial charge is 0.405 e. The summed E-state index contributed by atoms with van der Waals surface area (Å²) < 4.78 is 38.0. The average molecular weight is 305 g/mol. The molecule has 1 aromatic rings. The van der Waals surface area contributed by atoms with Crippen LogP contribution in [0.25, 0.3) is 0 Å². The molecule has 0 spiro atoms. The maximum absolute atomic E-state index is 12.1. The van der Waals surface area contributed by atoms with E-state index in [1.165, 1.54) is 6.33 Å². The van der Waals surface area contributed by atoms with Crippen LogP contribution in [0.4, 0.5) is 13.2 Å². The summed E-state index contributed by atoms with van der Waals surface area (Å²) in [5, 5.41) is 5.95. The Bertz CT molecular complexity index is 448. The summed E-state index contributed by atoms with van der Waals surface area (Å²) >= 11 is 0. The van der Waals surface area contributed by atoms with E-state index in [2.05, 4.69) is 15.0 Å². The van der Waals surface area contributed by atoms with Gasteiger partial charge < -0.3 is 10.2 Å². The Morgan fingerprint density at radius 3 is 2.86 bits per heavy atom. The molecule has 2 rings (SSSR count). The van der Waals surface area contributed by atoms with E-state index >= 15 is 0 Å². The zero-order chi connectivity index (χ0) is 15.3. The number of nitrogens with one attached hydrogen (secondary N) is 1. The first-order valence-electron chi connectivity index (χ1n) is 6.83. The molecule has 0 aromatic carbocycles. The van der Waals surface area contributed by atoms with E-state index in [0.717, 1.165) is 13.0 Å². The number of amides is 1. The molecule has 1 aromatic heterocycles. The molecule has 118 valence electrons. The molecule has 21 heavy (non-hydrogen) atoms. The second-order valence-electron chi connectivity index (χ2n) is 5.13. The summed E-state index contributed by atoms with van der Waals surface area (Å²) in [6.45, 7) is 1.42. The highest BCUT2D eigenvalue weighted by atomic mass is 19.4. The zero-order valence-electron chi connectivity index (χ0n) is 11.5. The number of likely N-dealkylation sites (tertiary alicyclic amines) is 1. The number of carbonyl (C=O) groups excluding carboxylic acids is 1. The first-order chi connectivity index (χ1) is 9.94. The van der Waals surface area contributed by atoms with Gasteiger partial charge >= 0.3 is 6.18 Å². The number of hydrogen-bond acceptors (Lipinski definition) is 4. The van der Waals surface area contributed by atoms with Crippen molar-refractivity contribution in [3.05, 3.63) is 12.7 Å². The molecule has 1 fully saturated rings. The van der Waals surface area contributed by atoms with Gasteiger partial charge in [-0.05, 0) is 19.4 Å². The van der Waals surface area contributed by atoms with E-state index in [0.29, 0.717) is 26.1 Å². The third-order valence-electron chi connectivity index (χ3n) is 3.45. The Hall–Kier alpha value is -1.64. The molecule has 1 aliphatic rings. The smallest absolute Gasteiger partial charge is 0.347 e. The second kappa shape index (κ2) is 6.88. The quantitative estimate of drug-likeness (QED) is 0.868. The molecular weight excluding hydrogens is 287 g/mol. The predicted molar refractivity (Wildman–Crippen MR) is 68.3 cm³/mol. The number of aromatic nitrogens is 3. The molecule has 1 aliphatic heterocycles. The molecule has 0 unspecified atom stereocenters. The van der Waals surface area contributed by atoms with Crippen molar-refractivity contribution >= 4 is 5.91 Å². The first-order valence-corrected chi connectivity index (χ1v) is 6.83. The number of hydrogen-bond donors (Lipinski definition) is 1. The van der Waals surface area contributed by atoms with Gasteiger partial charge in [0.15, 0.2) is 0 Å². The second-order valence-corrected chi connectivity index (χ2v) is 5.13. The number of carbonyl (C=O) groups is 1. The minimum Gasteiger partial charge on any atom is -0.347 e. The molecule has 9 heteroatoms. The Morgan fingerprint density at radius 1 is 1.38 bits per heavy atom. The maximum atomic E-state index is 12.1. The number of nitrogens with zero attached hydrogens (tertiary/aromatic N) is 4. The summed E-state index contributed by atoms with van der Waals surface area (Å²) in [5.41, 5.74) is 0. The van der Waals surface area contributed by atoms with Crippen LogP contribution >= 0.6 is 0 Å². The van der Waals surface area contributed by atoms with Crippen LogP contribution in [0.2, 0.25) is 0 Å². The third-order valence-corrected chi connectivity index (χ3v) is 3.45. The molecular formula is C12H18F3N5O. The molecule has 0 radical (unpaired) electrons. The highest BCUT2D eigenvalue weighted by Gasteiger charge is 2.31. The number of rotatable bonds is 5. The SMILES string of the molecule is O=C(NCC(F)(F)F)[C@@H]1CCCN(CCn2cncn2)C1. The highest BCUT2D eigenvalue weighted by molar-refractivity contribution is 5.79. The number of halogens is 3. The molecule has 2 heterocycles. The fraction of sp³-hybridized carbons (Fsp3) is 0.750. The van der Waals surface area contributed by atoms with Crippen LogP contribution in [0.1, 0.15) is 12.8 Å². The van der Waals surface area contributed by atoms with Crippen molar-refractivity contribution in [2.75, 3.05) is 26.2 Å². The van der Waals surface area contributed by atoms with Crippen LogP contribution < -0.4 is 5.32 Å². The topological polar surface area (TPSA) is 63.1 Å². The Labute approximate surface area is 120 Å². The van der Waals surface area contributed by atoms with Gasteiger partial charge in [0.1, 0.15) is 19.2 Å². The Balaban J connectivity index is 1.76. The summed E-state index contributed by atoms with van der Waals surface area (Å²) in [6, 6.07) is 0. The molecule has 6 nitrogen and oxygen atoms in total. The lowest BCUT2D eigenvalue weighted by molar-refractivity contribution is -0.141. The van der Waals surface area contributed by atoms with Gasteiger partial charge in [-0.3, -0.25) is 9.48 Å². The molecule has 0 bridgehead atoms. The molecule has 1 N–H and O–H groups in total. The van der Waals surface area contributed by atoms with Crippen molar-refractivity contribution in [3.63, 3.8) is 0 Å². The molecule has 1 atom stereocenters. The van der Waals surface area contributed by atoms with Gasteiger partial charge in [0.2, 0.25) is 5.91 Å². The summed E-state index contributed by atoms with van der Waals surface area (Å²) in [5.74, 6) is -0.894. The molecule has 0 saturated carbocycles. The van der Waals surface area contributed by atoms with Crippen molar-refractivity contribution in [1.29, 1.82) is 0 Å². The van der Waals surface area contributed by atoms with Gasteiger partial charge in [-0.1, -0.05) is 0 Å². The highest BCUT2D eigenvalue weighted by Crippen LogP contribution is 2.18. The van der Waals surface area contributed by atoms with Crippen LogP contribution in [0.3, 0.4) is 0 Å². The Morgan fingerprint density at radius 2 is 2.19 bits per heavy atom. The van der Waals surface area contributed by atoms with E-state index < -0.39 is 18.6 Å². The van der Waals surface area contributed by atoms with Crippen LogP contribution in [-0.4, -0.2) is 57.9 Å². The molecule has 1 amide bonds. The minimum atomic E-state index is -4.36. The lowest BCUT2D eigenvalue weighted by Crippen LogP contribution is -2.45. The predicted octanol–water partition coefficient (Wildman–Crippen LogP) is 0.669. The lowest BCUT2D eigenvalue weighted by Gasteiger charge is -2.31. The van der Waals surface area contributed by atoms with E-state index in [4.69, 9.17) is 0 Å². The van der Waals surface area contributed by atoms with Gasteiger partial charge in [0, 0.05) is 13.1 Å². The van der Waals surface area contributed by atoms with Crippen LogP contribution in [0, 0.1) is 5.92 Å². The monoisotopic (exact) mass is 305 g/mol. The van der Waals surface area contributed by atoms with Gasteiger partial charge in [0.05, 0.1) is 12.5 Å².